The molecular weight excluding hydrogens is 222 g/mol. The summed E-state index contributed by atoms with van der Waals surface area (Å²) in [5, 5.41) is 15.7. The highest BCUT2D eigenvalue weighted by atomic mass is 32.1. The molecule has 0 saturated carbocycles. The molecule has 0 fully saturated rings. The van der Waals surface area contributed by atoms with Crippen LogP contribution in [0.15, 0.2) is 11.7 Å². The Morgan fingerprint density at radius 3 is 2.94 bits per heavy atom. The lowest BCUT2D eigenvalue weighted by Crippen LogP contribution is -2.01. The van der Waals surface area contributed by atoms with Crippen molar-refractivity contribution >= 4 is 11.3 Å². The maximum absolute atomic E-state index is 8.59. The summed E-state index contributed by atoms with van der Waals surface area (Å²) in [4.78, 5) is 8.33. The molecule has 0 radical (unpaired) electrons. The van der Waals surface area contributed by atoms with Crippen LogP contribution < -0.4 is 0 Å². The fourth-order valence-electron chi connectivity index (χ4n) is 1.25. The third-order valence-electron chi connectivity index (χ3n) is 2.02. The summed E-state index contributed by atoms with van der Waals surface area (Å²) in [7, 11) is 0. The number of hydrogen-bond acceptors (Lipinski definition) is 5. The summed E-state index contributed by atoms with van der Waals surface area (Å²) >= 11 is 1.65. The van der Waals surface area contributed by atoms with Crippen molar-refractivity contribution in [2.45, 2.75) is 26.3 Å². The van der Waals surface area contributed by atoms with E-state index in [-0.39, 0.29) is 5.82 Å². The van der Waals surface area contributed by atoms with E-state index in [0.717, 1.165) is 10.7 Å². The average Bonchev–Trinajstić information content (AvgIpc) is 2.87. The zero-order chi connectivity index (χ0) is 11.5. The van der Waals surface area contributed by atoms with Crippen molar-refractivity contribution < 1.29 is 0 Å². The van der Waals surface area contributed by atoms with E-state index in [0.29, 0.717) is 12.5 Å². The predicted octanol–water partition coefficient (Wildman–Crippen LogP) is 1.78. The van der Waals surface area contributed by atoms with E-state index in [9.17, 15) is 0 Å². The Morgan fingerprint density at radius 2 is 2.38 bits per heavy atom. The Kier molecular flexibility index (Phi) is 2.97. The first-order valence-corrected chi connectivity index (χ1v) is 5.81. The molecule has 0 spiro atoms. The maximum Gasteiger partial charge on any atom is 0.252 e. The van der Waals surface area contributed by atoms with Crippen LogP contribution in [0.4, 0.5) is 0 Å². The molecular formula is C10H11N5S. The Bertz CT molecular complexity index is 519. The van der Waals surface area contributed by atoms with Crippen LogP contribution in [0.3, 0.4) is 0 Å². The van der Waals surface area contributed by atoms with Gasteiger partial charge in [0.15, 0.2) is 0 Å². The largest absolute Gasteiger partial charge is 0.252 e. The summed E-state index contributed by atoms with van der Waals surface area (Å²) < 4.78 is 1.62. The fourth-order valence-corrected chi connectivity index (χ4v) is 2.07. The number of nitriles is 1. The fraction of sp³-hybridized carbons (Fsp3) is 0.400. The van der Waals surface area contributed by atoms with Crippen molar-refractivity contribution in [3.05, 3.63) is 28.2 Å². The van der Waals surface area contributed by atoms with Crippen molar-refractivity contribution in [2.75, 3.05) is 0 Å². The molecule has 2 aromatic rings. The van der Waals surface area contributed by atoms with Crippen LogP contribution >= 0.6 is 11.3 Å². The molecule has 16 heavy (non-hydrogen) atoms. The van der Waals surface area contributed by atoms with Gasteiger partial charge in [-0.05, 0) is 0 Å². The van der Waals surface area contributed by atoms with Gasteiger partial charge in [0.05, 0.1) is 17.2 Å². The second kappa shape index (κ2) is 4.41. The number of rotatable bonds is 3. The van der Waals surface area contributed by atoms with E-state index >= 15 is 0 Å². The van der Waals surface area contributed by atoms with Gasteiger partial charge in [0.1, 0.15) is 12.4 Å². The maximum atomic E-state index is 8.59. The lowest BCUT2D eigenvalue weighted by atomic mass is 10.2. The van der Waals surface area contributed by atoms with Crippen LogP contribution in [0, 0.1) is 11.3 Å². The van der Waals surface area contributed by atoms with Crippen molar-refractivity contribution in [1.29, 1.82) is 5.26 Å². The molecule has 0 aromatic carbocycles. The monoisotopic (exact) mass is 233 g/mol. The lowest BCUT2D eigenvalue weighted by molar-refractivity contribution is 0.667. The molecule has 82 valence electrons. The molecule has 2 aromatic heterocycles. The predicted molar refractivity (Wildman–Crippen MR) is 60.0 cm³/mol. The van der Waals surface area contributed by atoms with Crippen LogP contribution in [-0.2, 0) is 6.54 Å². The molecule has 0 unspecified atom stereocenters. The number of thiazole rings is 1. The molecule has 0 amide bonds. The van der Waals surface area contributed by atoms with Gasteiger partial charge in [0, 0.05) is 11.3 Å². The Labute approximate surface area is 97.4 Å². The SMILES string of the molecule is CC(C)c1nc(Cn2cnc(C#N)n2)cs1. The quantitative estimate of drug-likeness (QED) is 0.810. The molecule has 0 saturated heterocycles. The first kappa shape index (κ1) is 10.8. The van der Waals surface area contributed by atoms with Crippen LogP contribution in [0.2, 0.25) is 0 Å². The molecule has 0 aliphatic rings. The zero-order valence-electron chi connectivity index (χ0n) is 9.08. The number of hydrogen-bond donors (Lipinski definition) is 0. The van der Waals surface area contributed by atoms with E-state index in [1.165, 1.54) is 0 Å². The highest BCUT2D eigenvalue weighted by Crippen LogP contribution is 2.19. The molecule has 2 rings (SSSR count). The zero-order valence-corrected chi connectivity index (χ0v) is 9.90. The van der Waals surface area contributed by atoms with E-state index in [1.807, 2.05) is 11.4 Å². The second-order valence-corrected chi connectivity index (χ2v) is 4.60. The molecule has 6 heteroatoms. The molecule has 5 nitrogen and oxygen atoms in total. The smallest absolute Gasteiger partial charge is 0.246 e. The third-order valence-corrected chi connectivity index (χ3v) is 3.22. The molecule has 0 aliphatic heterocycles. The topological polar surface area (TPSA) is 67.4 Å². The summed E-state index contributed by atoms with van der Waals surface area (Å²) in [5.74, 6) is 0.642. The minimum Gasteiger partial charge on any atom is -0.246 e. The van der Waals surface area contributed by atoms with Gasteiger partial charge >= 0.3 is 0 Å². The first-order valence-electron chi connectivity index (χ1n) is 4.93. The Morgan fingerprint density at radius 1 is 1.56 bits per heavy atom. The summed E-state index contributed by atoms with van der Waals surface area (Å²) in [6, 6.07) is 1.90. The molecule has 0 atom stereocenters. The minimum atomic E-state index is 0.194. The Balaban J connectivity index is 2.12. The molecule has 0 aliphatic carbocycles. The summed E-state index contributed by atoms with van der Waals surface area (Å²) in [6.07, 6.45) is 1.55. The first-order chi connectivity index (χ1) is 7.69. The summed E-state index contributed by atoms with van der Waals surface area (Å²) in [5.41, 5.74) is 0.961. The van der Waals surface area contributed by atoms with Crippen molar-refractivity contribution in [2.24, 2.45) is 0 Å². The van der Waals surface area contributed by atoms with Crippen molar-refractivity contribution in [3.63, 3.8) is 0 Å². The average molecular weight is 233 g/mol. The van der Waals surface area contributed by atoms with Crippen LogP contribution in [-0.4, -0.2) is 19.7 Å². The Hall–Kier alpha value is -1.74. The van der Waals surface area contributed by atoms with Gasteiger partial charge in [0.25, 0.3) is 5.82 Å². The second-order valence-electron chi connectivity index (χ2n) is 3.71. The van der Waals surface area contributed by atoms with Crippen LogP contribution in [0.1, 0.15) is 36.3 Å². The highest BCUT2D eigenvalue weighted by molar-refractivity contribution is 7.09. The van der Waals surface area contributed by atoms with Crippen LogP contribution in [0.25, 0.3) is 0 Å². The highest BCUT2D eigenvalue weighted by Gasteiger charge is 2.07. The van der Waals surface area contributed by atoms with E-state index in [4.69, 9.17) is 5.26 Å². The van der Waals surface area contributed by atoms with Gasteiger partial charge in [-0.3, -0.25) is 0 Å². The lowest BCUT2D eigenvalue weighted by Gasteiger charge is -1.97. The standard InChI is InChI=1S/C10H11N5S/c1-7(2)10-13-8(5-16-10)4-15-6-12-9(3-11)14-15/h5-7H,4H2,1-2H3. The molecule has 0 N–H and O–H groups in total. The van der Waals surface area contributed by atoms with Gasteiger partial charge in [-0.15, -0.1) is 16.4 Å². The molecule has 0 bridgehead atoms. The van der Waals surface area contributed by atoms with Gasteiger partial charge in [-0.2, -0.15) is 5.26 Å². The van der Waals surface area contributed by atoms with Crippen molar-refractivity contribution in [1.82, 2.24) is 19.7 Å². The summed E-state index contributed by atoms with van der Waals surface area (Å²) in [6.45, 7) is 4.80. The minimum absolute atomic E-state index is 0.194. The number of nitrogens with zero attached hydrogens (tertiary/aromatic N) is 5. The van der Waals surface area contributed by atoms with Gasteiger partial charge in [0.2, 0.25) is 0 Å². The molecule has 2 heterocycles. The third kappa shape index (κ3) is 2.25. The van der Waals surface area contributed by atoms with Gasteiger partial charge in [-0.1, -0.05) is 13.8 Å². The normalized spacial score (nSPS) is 10.6. The van der Waals surface area contributed by atoms with E-state index in [2.05, 4.69) is 28.9 Å². The van der Waals surface area contributed by atoms with Gasteiger partial charge in [-0.25, -0.2) is 14.6 Å². The van der Waals surface area contributed by atoms with Crippen LogP contribution in [0.5, 0.6) is 0 Å². The van der Waals surface area contributed by atoms with Gasteiger partial charge < -0.3 is 0 Å². The van der Waals surface area contributed by atoms with Crippen molar-refractivity contribution in [3.8, 4) is 6.07 Å². The van der Waals surface area contributed by atoms with E-state index < -0.39 is 0 Å². The van der Waals surface area contributed by atoms with E-state index in [1.54, 1.807) is 22.3 Å². The number of aromatic nitrogens is 4.